The van der Waals surface area contributed by atoms with Crippen molar-refractivity contribution in [2.45, 2.75) is 196 Å². The summed E-state index contributed by atoms with van der Waals surface area (Å²) in [7, 11) is 0. The third kappa shape index (κ3) is 7.19. The largest absolute Gasteiger partial charge is 0.394 e. The average Bonchev–Trinajstić information content (AvgIpc) is 3.68. The Kier molecular flexibility index (Phi) is 12.2. The third-order valence-electron chi connectivity index (χ3n) is 17.3. The molecule has 16 heteroatoms. The molecule has 1 spiro atoms. The lowest BCUT2D eigenvalue weighted by molar-refractivity contribution is -0.378. The molecule has 5 aliphatic heterocycles. The molecule has 60 heavy (non-hydrogen) atoms. The van der Waals surface area contributed by atoms with Crippen molar-refractivity contribution in [3.63, 3.8) is 0 Å². The molecule has 9 rings (SSSR count). The highest BCUT2D eigenvalue weighted by Crippen LogP contribution is 2.70. The van der Waals surface area contributed by atoms with Crippen LogP contribution in [0.15, 0.2) is 11.6 Å². The van der Waals surface area contributed by atoms with Gasteiger partial charge in [-0.3, -0.25) is 0 Å². The van der Waals surface area contributed by atoms with E-state index in [1.807, 2.05) is 0 Å². The molecule has 0 amide bonds. The number of hydrogen-bond acceptors (Lipinski definition) is 16. The van der Waals surface area contributed by atoms with Gasteiger partial charge in [0.2, 0.25) is 0 Å². The summed E-state index contributed by atoms with van der Waals surface area (Å²) in [5, 5.41) is 85.5. The molecule has 5 saturated heterocycles. The first-order valence-electron chi connectivity index (χ1n) is 22.8. The fourth-order valence-corrected chi connectivity index (χ4v) is 13.7. The summed E-state index contributed by atoms with van der Waals surface area (Å²) < 4.78 is 49.0. The first-order valence-corrected chi connectivity index (χ1v) is 22.8. The molecule has 0 bridgehead atoms. The molecule has 0 radical (unpaired) electrons. The van der Waals surface area contributed by atoms with Gasteiger partial charge < -0.3 is 78.7 Å². The Hall–Kier alpha value is -0.900. The fraction of sp³-hybridized carbons (Fsp3) is 0.955. The quantitative estimate of drug-likeness (QED) is 0.166. The molecular weight excluding hydrogens is 784 g/mol. The molecule has 0 aromatic heterocycles. The van der Waals surface area contributed by atoms with Crippen molar-refractivity contribution in [3.05, 3.63) is 11.6 Å². The van der Waals surface area contributed by atoms with Crippen LogP contribution in [0.1, 0.15) is 92.4 Å². The van der Waals surface area contributed by atoms with Gasteiger partial charge >= 0.3 is 0 Å². The van der Waals surface area contributed by atoms with E-state index in [9.17, 15) is 40.9 Å². The van der Waals surface area contributed by atoms with Crippen LogP contribution in [0.4, 0.5) is 0 Å². The minimum Gasteiger partial charge on any atom is -0.394 e. The van der Waals surface area contributed by atoms with E-state index in [0.717, 1.165) is 45.1 Å². The summed E-state index contributed by atoms with van der Waals surface area (Å²) in [6, 6.07) is 0. The number of aliphatic hydroxyl groups excluding tert-OH is 8. The van der Waals surface area contributed by atoms with Gasteiger partial charge in [-0.1, -0.05) is 39.3 Å². The summed E-state index contributed by atoms with van der Waals surface area (Å²) in [4.78, 5) is 0. The Bertz CT molecular complexity index is 1560. The number of allylic oxidation sites excluding steroid dienone is 1. The zero-order valence-electron chi connectivity index (χ0n) is 35.6. The van der Waals surface area contributed by atoms with Gasteiger partial charge in [0.15, 0.2) is 24.7 Å². The highest BCUT2D eigenvalue weighted by atomic mass is 16.8. The summed E-state index contributed by atoms with van der Waals surface area (Å²) >= 11 is 0. The normalized spacial score (nSPS) is 57.9. The summed E-state index contributed by atoms with van der Waals surface area (Å²) in [6.45, 7) is 10.9. The van der Waals surface area contributed by atoms with Crippen LogP contribution in [0.25, 0.3) is 0 Å². The van der Waals surface area contributed by atoms with Crippen LogP contribution in [0.5, 0.6) is 0 Å². The van der Waals surface area contributed by atoms with E-state index in [0.29, 0.717) is 41.9 Å². The Morgan fingerprint density at radius 1 is 0.733 bits per heavy atom. The smallest absolute Gasteiger partial charge is 0.187 e. The summed E-state index contributed by atoms with van der Waals surface area (Å²) in [5.74, 6) is 2.79. The van der Waals surface area contributed by atoms with Gasteiger partial charge in [0, 0.05) is 12.3 Å². The topological polar surface area (TPSA) is 236 Å². The van der Waals surface area contributed by atoms with Crippen molar-refractivity contribution in [2.24, 2.45) is 46.3 Å². The number of hydrogen-bond donors (Lipinski definition) is 8. The second-order valence-corrected chi connectivity index (χ2v) is 20.6. The van der Waals surface area contributed by atoms with E-state index in [2.05, 4.69) is 33.8 Å². The molecule has 5 heterocycles. The highest BCUT2D eigenvalue weighted by Gasteiger charge is 2.69. The maximum absolute atomic E-state index is 11.4. The van der Waals surface area contributed by atoms with Gasteiger partial charge in [-0.05, 0) is 98.7 Å². The molecule has 25 atom stereocenters. The maximum atomic E-state index is 11.4. The molecule has 0 aromatic rings. The number of fused-ring (bicyclic) bond motifs is 7. The number of aliphatic hydroxyl groups is 8. The zero-order chi connectivity index (χ0) is 42.6. The van der Waals surface area contributed by atoms with Crippen LogP contribution in [-0.4, -0.2) is 165 Å². The number of rotatable bonds is 7. The van der Waals surface area contributed by atoms with Crippen molar-refractivity contribution in [2.75, 3.05) is 19.8 Å². The molecule has 342 valence electrons. The minimum atomic E-state index is -1.72. The van der Waals surface area contributed by atoms with Crippen LogP contribution in [0, 0.1) is 46.3 Å². The summed E-state index contributed by atoms with van der Waals surface area (Å²) in [6.07, 6.45) is -9.06. The van der Waals surface area contributed by atoms with Crippen LogP contribution in [0.2, 0.25) is 0 Å². The van der Waals surface area contributed by atoms with Gasteiger partial charge in [-0.2, -0.15) is 0 Å². The molecule has 4 aliphatic carbocycles. The highest BCUT2D eigenvalue weighted by molar-refractivity contribution is 5.26. The monoisotopic (exact) mass is 854 g/mol. The minimum absolute atomic E-state index is 0.0294. The van der Waals surface area contributed by atoms with Gasteiger partial charge in [-0.25, -0.2) is 0 Å². The predicted molar refractivity (Wildman–Crippen MR) is 208 cm³/mol. The van der Waals surface area contributed by atoms with E-state index in [1.54, 1.807) is 0 Å². The summed E-state index contributed by atoms with van der Waals surface area (Å²) in [5.41, 5.74) is 1.63. The average molecular weight is 855 g/mol. The van der Waals surface area contributed by atoms with Gasteiger partial charge in [0.1, 0.15) is 61.0 Å². The molecule has 0 aromatic carbocycles. The van der Waals surface area contributed by atoms with Gasteiger partial charge in [0.05, 0.1) is 38.1 Å². The molecular formula is C44H70O16. The van der Waals surface area contributed by atoms with Crippen molar-refractivity contribution in [3.8, 4) is 0 Å². The van der Waals surface area contributed by atoms with E-state index < -0.39 is 98.4 Å². The lowest BCUT2D eigenvalue weighted by atomic mass is 9.47. The van der Waals surface area contributed by atoms with Crippen molar-refractivity contribution < 1.29 is 78.7 Å². The van der Waals surface area contributed by atoms with Gasteiger partial charge in [-0.15, -0.1) is 0 Å². The van der Waals surface area contributed by atoms with Crippen molar-refractivity contribution >= 4 is 0 Å². The Balaban J connectivity index is 0.836. The third-order valence-corrected chi connectivity index (χ3v) is 17.3. The lowest BCUT2D eigenvalue weighted by Gasteiger charge is -2.58. The Labute approximate surface area is 352 Å². The molecule has 8 fully saturated rings. The molecule has 9 aliphatic rings. The Morgan fingerprint density at radius 2 is 1.47 bits per heavy atom. The SMILES string of the molecule is C[C@@H]1CC[C@@]2(OC1)O[C@H]1C[C@@H]3[C@@H]4CC=C5C[C@@H](O[C@@H]6O[C@H](CO)[C@@H](O[C@@H]7OC[C@H](O)[C@H](O)[C@H]7O[C@@H]7O[C@@H](C)[C@H](O)[C@@H](O)[C@H]7O)[C@H](O)[C@H]6O)CC[C@]5(C)[C@H]4CC[C@]3(C)[C@H]1[C@@H]2C. The lowest BCUT2D eigenvalue weighted by Crippen LogP contribution is -2.65. The molecule has 16 nitrogen and oxygen atoms in total. The zero-order valence-corrected chi connectivity index (χ0v) is 35.6. The second kappa shape index (κ2) is 16.5. The first kappa shape index (κ1) is 44.3. The van der Waals surface area contributed by atoms with Crippen LogP contribution in [0.3, 0.4) is 0 Å². The Morgan fingerprint density at radius 3 is 2.20 bits per heavy atom. The molecule has 8 N–H and O–H groups in total. The maximum Gasteiger partial charge on any atom is 0.187 e. The van der Waals surface area contributed by atoms with E-state index in [4.69, 9.17) is 37.9 Å². The molecule has 0 unspecified atom stereocenters. The first-order chi connectivity index (χ1) is 28.5. The molecule has 3 saturated carbocycles. The standard InChI is InChI=1S/C44H70O16/c1-19-8-13-44(54-17-19)20(2)30-28(60-44)15-26-24-7-6-22-14-23(9-11-42(22,4)25(24)10-12-43(26,30)5)56-40-36(52)34(50)37(29(16-45)57-40)58-41-38(32(48)27(46)18-53-41)59-39-35(51)33(49)31(47)21(3)55-39/h6,19-21,23-41,45-52H,7-18H2,1-5H3/t19-,20+,21+,23+,24-,25+,26-,27+,28+,29-,30+,31+,32+,33-,34-,35-,36-,37-,38-,39+,40-,41+,42+,43+,44-/m1/s1. The predicted octanol–water partition coefficient (Wildman–Crippen LogP) is 0.853. The van der Waals surface area contributed by atoms with Crippen LogP contribution in [-0.2, 0) is 37.9 Å². The van der Waals surface area contributed by atoms with Crippen LogP contribution < -0.4 is 0 Å². The van der Waals surface area contributed by atoms with Crippen LogP contribution >= 0.6 is 0 Å². The van der Waals surface area contributed by atoms with Crippen molar-refractivity contribution in [1.82, 2.24) is 0 Å². The second-order valence-electron chi connectivity index (χ2n) is 20.6. The van der Waals surface area contributed by atoms with Crippen molar-refractivity contribution in [1.29, 1.82) is 0 Å². The van der Waals surface area contributed by atoms with E-state index in [-0.39, 0.29) is 29.6 Å². The van der Waals surface area contributed by atoms with Gasteiger partial charge in [0.25, 0.3) is 0 Å². The van der Waals surface area contributed by atoms with E-state index in [1.165, 1.54) is 25.3 Å². The fourth-order valence-electron chi connectivity index (χ4n) is 13.7. The number of ether oxygens (including phenoxy) is 8. The van der Waals surface area contributed by atoms with E-state index >= 15 is 0 Å².